The van der Waals surface area contributed by atoms with Crippen molar-refractivity contribution in [2.45, 2.75) is 17.9 Å². The molecule has 1 aliphatic rings. The van der Waals surface area contributed by atoms with Gasteiger partial charge in [-0.15, -0.1) is 11.8 Å². The van der Waals surface area contributed by atoms with Crippen LogP contribution in [-0.4, -0.2) is 68.4 Å². The Balaban J connectivity index is 1.96. The fourth-order valence-electron chi connectivity index (χ4n) is 2.54. The highest BCUT2D eigenvalue weighted by Crippen LogP contribution is 2.24. The van der Waals surface area contributed by atoms with E-state index in [4.69, 9.17) is 4.74 Å². The van der Waals surface area contributed by atoms with Gasteiger partial charge in [-0.2, -0.15) is 0 Å². The van der Waals surface area contributed by atoms with Crippen molar-refractivity contribution < 1.29 is 14.3 Å². The van der Waals surface area contributed by atoms with Crippen molar-refractivity contribution in [2.75, 3.05) is 45.6 Å². The van der Waals surface area contributed by atoms with Gasteiger partial charge in [0.15, 0.2) is 0 Å². The molecule has 2 N–H and O–H groups in total. The molecular formula is C17H25N3O3S. The quantitative estimate of drug-likeness (QED) is 0.566. The van der Waals surface area contributed by atoms with E-state index in [1.165, 1.54) is 11.8 Å². The second-order valence-electron chi connectivity index (χ2n) is 5.73. The summed E-state index contributed by atoms with van der Waals surface area (Å²) in [5, 5.41) is 6.12. The molecule has 0 spiro atoms. The highest BCUT2D eigenvalue weighted by molar-refractivity contribution is 8.00. The Morgan fingerprint density at radius 3 is 2.96 bits per heavy atom. The molecule has 0 bridgehead atoms. The summed E-state index contributed by atoms with van der Waals surface area (Å²) in [5.41, 5.74) is 0.668. The van der Waals surface area contributed by atoms with E-state index in [9.17, 15) is 9.59 Å². The molecule has 6 nitrogen and oxygen atoms in total. The van der Waals surface area contributed by atoms with Crippen LogP contribution in [0.4, 0.5) is 0 Å². The first kappa shape index (κ1) is 18.8. The summed E-state index contributed by atoms with van der Waals surface area (Å²) in [6, 6.07) is 7.78. The highest BCUT2D eigenvalue weighted by Gasteiger charge is 2.23. The minimum atomic E-state index is -0.0601. The van der Waals surface area contributed by atoms with Crippen LogP contribution < -0.4 is 10.6 Å². The lowest BCUT2D eigenvalue weighted by Crippen LogP contribution is -2.51. The number of nitrogens with zero attached hydrogens (tertiary/aromatic N) is 1. The largest absolute Gasteiger partial charge is 0.383 e. The molecule has 132 valence electrons. The van der Waals surface area contributed by atoms with Gasteiger partial charge in [-0.25, -0.2) is 0 Å². The molecule has 1 saturated heterocycles. The molecule has 0 saturated carbocycles. The number of ether oxygens (including phenoxy) is 1. The van der Waals surface area contributed by atoms with Crippen molar-refractivity contribution >= 4 is 23.6 Å². The molecule has 1 aromatic rings. The molecule has 0 radical (unpaired) electrons. The summed E-state index contributed by atoms with van der Waals surface area (Å²) in [7, 11) is 1.60. The van der Waals surface area contributed by atoms with Gasteiger partial charge >= 0.3 is 0 Å². The van der Waals surface area contributed by atoms with E-state index in [1.807, 2.05) is 29.2 Å². The Labute approximate surface area is 147 Å². The van der Waals surface area contributed by atoms with E-state index < -0.39 is 0 Å². The van der Waals surface area contributed by atoms with Gasteiger partial charge in [0.1, 0.15) is 0 Å². The average molecular weight is 351 g/mol. The van der Waals surface area contributed by atoms with Crippen LogP contribution >= 0.6 is 11.8 Å². The normalized spacial score (nSPS) is 17.6. The third kappa shape index (κ3) is 5.51. The summed E-state index contributed by atoms with van der Waals surface area (Å²) >= 11 is 1.39. The average Bonchev–Trinajstić information content (AvgIpc) is 2.60. The number of methoxy groups -OCH3 is 1. The van der Waals surface area contributed by atoms with Crippen LogP contribution in [0.2, 0.25) is 0 Å². The van der Waals surface area contributed by atoms with Crippen LogP contribution in [-0.2, 0) is 9.53 Å². The van der Waals surface area contributed by atoms with Gasteiger partial charge in [0.2, 0.25) is 5.91 Å². The second-order valence-corrected chi connectivity index (χ2v) is 6.75. The fraction of sp³-hybridized carbons (Fsp3) is 0.529. The fourth-order valence-corrected chi connectivity index (χ4v) is 3.42. The van der Waals surface area contributed by atoms with Crippen LogP contribution in [0.25, 0.3) is 0 Å². The number of amides is 2. The lowest BCUT2D eigenvalue weighted by Gasteiger charge is -2.32. The lowest BCUT2D eigenvalue weighted by atomic mass is 10.1. The summed E-state index contributed by atoms with van der Waals surface area (Å²) < 4.78 is 4.90. The third-order valence-electron chi connectivity index (χ3n) is 3.76. The molecule has 1 heterocycles. The molecule has 7 heteroatoms. The molecule has 1 aliphatic heterocycles. The number of benzene rings is 1. The Bertz CT molecular complexity index is 568. The summed E-state index contributed by atoms with van der Waals surface area (Å²) in [5.74, 6) is 0.257. The second kappa shape index (κ2) is 9.66. The first-order valence-corrected chi connectivity index (χ1v) is 9.10. The van der Waals surface area contributed by atoms with E-state index >= 15 is 0 Å². The summed E-state index contributed by atoms with van der Waals surface area (Å²) in [6.07, 6.45) is 0. The number of nitrogens with one attached hydrogen (secondary N) is 2. The van der Waals surface area contributed by atoms with E-state index in [2.05, 4.69) is 17.6 Å². The molecule has 0 aromatic heterocycles. The molecule has 0 aliphatic carbocycles. The predicted molar refractivity (Wildman–Crippen MR) is 95.4 cm³/mol. The zero-order chi connectivity index (χ0) is 17.4. The zero-order valence-corrected chi connectivity index (χ0v) is 15.0. The molecule has 2 rings (SSSR count). The number of carbonyl (C=O) groups excluding carboxylic acids is 2. The van der Waals surface area contributed by atoms with Crippen LogP contribution in [0, 0.1) is 0 Å². The molecule has 1 unspecified atom stereocenters. The van der Waals surface area contributed by atoms with Gasteiger partial charge in [0.25, 0.3) is 5.91 Å². The van der Waals surface area contributed by atoms with Gasteiger partial charge in [-0.1, -0.05) is 12.1 Å². The lowest BCUT2D eigenvalue weighted by molar-refractivity contribution is -0.118. The van der Waals surface area contributed by atoms with Crippen molar-refractivity contribution in [2.24, 2.45) is 0 Å². The minimum absolute atomic E-state index is 0.0336. The standard InChI is InChI=1S/C17H25N3O3S/c1-13-11-20(9-7-18-13)17(22)14-5-3-4-6-15(14)24-12-16(21)19-8-10-23-2/h3-6,13,18H,7-12H2,1-2H3,(H,19,21). The first-order valence-electron chi connectivity index (χ1n) is 8.12. The monoisotopic (exact) mass is 351 g/mol. The maximum atomic E-state index is 12.8. The zero-order valence-electron chi connectivity index (χ0n) is 14.2. The maximum Gasteiger partial charge on any atom is 0.255 e. The van der Waals surface area contributed by atoms with Crippen molar-refractivity contribution in [1.82, 2.24) is 15.5 Å². The van der Waals surface area contributed by atoms with E-state index in [1.54, 1.807) is 7.11 Å². The number of hydrogen-bond donors (Lipinski definition) is 2. The third-order valence-corrected chi connectivity index (χ3v) is 4.83. The van der Waals surface area contributed by atoms with Gasteiger partial charge in [0.05, 0.1) is 17.9 Å². The van der Waals surface area contributed by atoms with Crippen LogP contribution in [0.3, 0.4) is 0 Å². The molecule has 24 heavy (non-hydrogen) atoms. The maximum absolute atomic E-state index is 12.8. The number of piperazine rings is 1. The molecular weight excluding hydrogens is 326 g/mol. The SMILES string of the molecule is COCCNC(=O)CSc1ccccc1C(=O)N1CCNC(C)C1. The van der Waals surface area contributed by atoms with E-state index in [0.29, 0.717) is 37.8 Å². The van der Waals surface area contributed by atoms with Crippen molar-refractivity contribution in [3.8, 4) is 0 Å². The molecule has 2 amide bonds. The highest BCUT2D eigenvalue weighted by atomic mass is 32.2. The van der Waals surface area contributed by atoms with Gasteiger partial charge in [0, 0.05) is 44.2 Å². The van der Waals surface area contributed by atoms with Gasteiger partial charge in [-0.05, 0) is 19.1 Å². The van der Waals surface area contributed by atoms with Gasteiger partial charge in [-0.3, -0.25) is 9.59 Å². The van der Waals surface area contributed by atoms with Crippen LogP contribution in [0.15, 0.2) is 29.2 Å². The smallest absolute Gasteiger partial charge is 0.255 e. The topological polar surface area (TPSA) is 70.7 Å². The number of rotatable bonds is 7. The van der Waals surface area contributed by atoms with Crippen molar-refractivity contribution in [3.05, 3.63) is 29.8 Å². The minimum Gasteiger partial charge on any atom is -0.383 e. The Kier molecular flexibility index (Phi) is 7.55. The van der Waals surface area contributed by atoms with E-state index in [-0.39, 0.29) is 17.6 Å². The number of thioether (sulfide) groups is 1. The number of carbonyl (C=O) groups is 2. The Hall–Kier alpha value is -1.57. The Morgan fingerprint density at radius 1 is 1.42 bits per heavy atom. The van der Waals surface area contributed by atoms with Crippen LogP contribution in [0.1, 0.15) is 17.3 Å². The Morgan fingerprint density at radius 2 is 2.21 bits per heavy atom. The van der Waals surface area contributed by atoms with E-state index in [0.717, 1.165) is 11.4 Å². The summed E-state index contributed by atoms with van der Waals surface area (Å²) in [4.78, 5) is 27.3. The first-order chi connectivity index (χ1) is 11.6. The molecule has 1 fully saturated rings. The summed E-state index contributed by atoms with van der Waals surface area (Å²) in [6.45, 7) is 5.28. The molecule has 1 atom stereocenters. The van der Waals surface area contributed by atoms with Crippen molar-refractivity contribution in [3.63, 3.8) is 0 Å². The number of hydrogen-bond acceptors (Lipinski definition) is 5. The predicted octanol–water partition coefficient (Wildman–Crippen LogP) is 0.975. The van der Waals surface area contributed by atoms with Crippen LogP contribution in [0.5, 0.6) is 0 Å². The molecule has 1 aromatic carbocycles. The van der Waals surface area contributed by atoms with Crippen molar-refractivity contribution in [1.29, 1.82) is 0 Å². The van der Waals surface area contributed by atoms with Gasteiger partial charge < -0.3 is 20.3 Å².